The zero-order valence-electron chi connectivity index (χ0n) is 14.3. The van der Waals surface area contributed by atoms with Gasteiger partial charge in [0.15, 0.2) is 0 Å². The second kappa shape index (κ2) is 7.89. The third kappa shape index (κ3) is 5.21. The average molecular weight is 361 g/mol. The van der Waals surface area contributed by atoms with Crippen molar-refractivity contribution in [2.75, 3.05) is 24.3 Å². The summed E-state index contributed by atoms with van der Waals surface area (Å²) in [4.78, 5) is 2.20. The fourth-order valence-electron chi connectivity index (χ4n) is 3.03. The molecule has 0 N–H and O–H groups in total. The van der Waals surface area contributed by atoms with Crippen LogP contribution in [0.5, 0.6) is 5.75 Å². The summed E-state index contributed by atoms with van der Waals surface area (Å²) in [5, 5.41) is 0. The monoisotopic (exact) mass is 361 g/mol. The second-order valence-corrected chi connectivity index (χ2v) is 7.89. The maximum atomic E-state index is 11.2. The Morgan fingerprint density at radius 3 is 2.48 bits per heavy atom. The predicted octanol–water partition coefficient (Wildman–Crippen LogP) is 3.21. The molecule has 0 radical (unpaired) electrons. The second-order valence-electron chi connectivity index (χ2n) is 6.25. The molecule has 1 saturated heterocycles. The summed E-state index contributed by atoms with van der Waals surface area (Å²) in [5.41, 5.74) is 2.19. The Kier molecular flexibility index (Phi) is 5.60. The lowest BCUT2D eigenvalue weighted by molar-refractivity contribution is 0.294. The van der Waals surface area contributed by atoms with Gasteiger partial charge >= 0.3 is 0 Å². The highest BCUT2D eigenvalue weighted by Crippen LogP contribution is 2.28. The van der Waals surface area contributed by atoms with E-state index in [1.54, 1.807) is 0 Å². The minimum atomic E-state index is -3.40. The van der Waals surface area contributed by atoms with Crippen molar-refractivity contribution in [3.8, 4) is 5.75 Å². The van der Waals surface area contributed by atoms with E-state index < -0.39 is 10.1 Å². The van der Waals surface area contributed by atoms with Crippen LogP contribution in [0.4, 0.5) is 5.69 Å². The Morgan fingerprint density at radius 2 is 1.80 bits per heavy atom. The van der Waals surface area contributed by atoms with Gasteiger partial charge in [0, 0.05) is 12.2 Å². The number of benzene rings is 2. The van der Waals surface area contributed by atoms with Crippen LogP contribution < -0.4 is 9.64 Å². The largest absolute Gasteiger partial charge is 0.489 e. The van der Waals surface area contributed by atoms with Crippen LogP contribution in [0.15, 0.2) is 54.6 Å². The average Bonchev–Trinajstić information content (AvgIpc) is 3.08. The van der Waals surface area contributed by atoms with Crippen molar-refractivity contribution in [1.82, 2.24) is 0 Å². The van der Waals surface area contributed by atoms with Crippen molar-refractivity contribution in [3.05, 3.63) is 60.2 Å². The number of hydrogen-bond acceptors (Lipinski definition) is 5. The van der Waals surface area contributed by atoms with E-state index in [-0.39, 0.29) is 12.6 Å². The summed E-state index contributed by atoms with van der Waals surface area (Å²) in [7, 11) is -3.40. The molecule has 6 heteroatoms. The molecule has 0 amide bonds. The van der Waals surface area contributed by atoms with Crippen molar-refractivity contribution in [2.45, 2.75) is 25.5 Å². The van der Waals surface area contributed by atoms with Gasteiger partial charge in [-0.3, -0.25) is 4.18 Å². The van der Waals surface area contributed by atoms with Gasteiger partial charge in [0.2, 0.25) is 0 Å². The first-order chi connectivity index (χ1) is 12.0. The lowest BCUT2D eigenvalue weighted by Crippen LogP contribution is -2.33. The van der Waals surface area contributed by atoms with Crippen molar-refractivity contribution >= 4 is 15.8 Å². The first-order valence-electron chi connectivity index (χ1n) is 8.39. The molecule has 1 aliphatic heterocycles. The Labute approximate surface area is 149 Å². The summed E-state index contributed by atoms with van der Waals surface area (Å²) < 4.78 is 33.2. The quantitative estimate of drug-likeness (QED) is 0.709. The molecule has 3 rings (SSSR count). The van der Waals surface area contributed by atoms with Gasteiger partial charge < -0.3 is 9.64 Å². The van der Waals surface area contributed by atoms with E-state index in [4.69, 9.17) is 8.92 Å². The van der Waals surface area contributed by atoms with Gasteiger partial charge in [-0.2, -0.15) is 8.42 Å². The van der Waals surface area contributed by atoms with Gasteiger partial charge in [0.05, 0.1) is 18.9 Å². The van der Waals surface area contributed by atoms with Crippen LogP contribution in [-0.4, -0.2) is 33.9 Å². The van der Waals surface area contributed by atoms with Crippen LogP contribution >= 0.6 is 0 Å². The number of nitrogens with zero attached hydrogens (tertiary/aromatic N) is 1. The molecule has 2 aromatic carbocycles. The van der Waals surface area contributed by atoms with Crippen molar-refractivity contribution in [2.24, 2.45) is 0 Å². The molecule has 0 spiro atoms. The number of ether oxygens (including phenoxy) is 1. The topological polar surface area (TPSA) is 55.8 Å². The van der Waals surface area contributed by atoms with E-state index in [0.717, 1.165) is 42.6 Å². The van der Waals surface area contributed by atoms with Gasteiger partial charge in [-0.05, 0) is 42.7 Å². The molecule has 134 valence electrons. The van der Waals surface area contributed by atoms with Crippen LogP contribution in [0.25, 0.3) is 0 Å². The number of anilines is 1. The highest BCUT2D eigenvalue weighted by molar-refractivity contribution is 7.85. The lowest BCUT2D eigenvalue weighted by atomic mass is 10.2. The van der Waals surface area contributed by atoms with Gasteiger partial charge in [-0.15, -0.1) is 0 Å². The minimum absolute atomic E-state index is 0.0887. The molecule has 1 atom stereocenters. The van der Waals surface area contributed by atoms with Crippen molar-refractivity contribution in [3.63, 3.8) is 0 Å². The van der Waals surface area contributed by atoms with Gasteiger partial charge in [-0.1, -0.05) is 30.3 Å². The fraction of sp³-hybridized carbons (Fsp3) is 0.368. The normalized spacial score (nSPS) is 17.6. The summed E-state index contributed by atoms with van der Waals surface area (Å²) in [6, 6.07) is 18.1. The summed E-state index contributed by atoms with van der Waals surface area (Å²) >= 11 is 0. The predicted molar refractivity (Wildman–Crippen MR) is 98.4 cm³/mol. The zero-order chi connectivity index (χ0) is 17.7. The lowest BCUT2D eigenvalue weighted by Gasteiger charge is -2.26. The SMILES string of the molecule is CS(=O)(=O)OCC1CCCN1c1ccc(OCc2ccccc2)cc1. The molecular weight excluding hydrogens is 338 g/mol. The molecule has 1 unspecified atom stereocenters. The Morgan fingerprint density at radius 1 is 1.08 bits per heavy atom. The third-order valence-corrected chi connectivity index (χ3v) is 4.83. The Hall–Kier alpha value is -2.05. The molecule has 1 fully saturated rings. The van der Waals surface area contributed by atoms with E-state index >= 15 is 0 Å². The van der Waals surface area contributed by atoms with Crippen molar-refractivity contribution in [1.29, 1.82) is 0 Å². The van der Waals surface area contributed by atoms with E-state index in [2.05, 4.69) is 4.90 Å². The third-order valence-electron chi connectivity index (χ3n) is 4.27. The van der Waals surface area contributed by atoms with Crippen LogP contribution in [0.2, 0.25) is 0 Å². The van der Waals surface area contributed by atoms with Crippen LogP contribution in [0.3, 0.4) is 0 Å². The maximum absolute atomic E-state index is 11.2. The van der Waals surface area contributed by atoms with Gasteiger partial charge in [0.25, 0.3) is 10.1 Å². The summed E-state index contributed by atoms with van der Waals surface area (Å²) in [6.07, 6.45) is 3.05. The molecule has 0 aromatic heterocycles. The fourth-order valence-corrected chi connectivity index (χ4v) is 3.43. The van der Waals surface area contributed by atoms with Crippen molar-refractivity contribution < 1.29 is 17.3 Å². The molecule has 0 aliphatic carbocycles. The molecule has 2 aromatic rings. The molecule has 0 saturated carbocycles. The first kappa shape index (κ1) is 17.8. The zero-order valence-corrected chi connectivity index (χ0v) is 15.1. The Bertz CT molecular complexity index is 775. The highest BCUT2D eigenvalue weighted by atomic mass is 32.2. The first-order valence-corrected chi connectivity index (χ1v) is 10.2. The number of rotatable bonds is 7. The molecule has 25 heavy (non-hydrogen) atoms. The molecule has 1 heterocycles. The van der Waals surface area contributed by atoms with Crippen LogP contribution in [-0.2, 0) is 20.9 Å². The summed E-state index contributed by atoms with van der Waals surface area (Å²) in [6.45, 7) is 1.64. The van der Waals surface area contributed by atoms with Gasteiger partial charge in [-0.25, -0.2) is 0 Å². The van der Waals surface area contributed by atoms with Crippen LogP contribution in [0, 0.1) is 0 Å². The van der Waals surface area contributed by atoms with E-state index in [1.165, 1.54) is 0 Å². The molecule has 1 aliphatic rings. The number of hydrogen-bond donors (Lipinski definition) is 0. The van der Waals surface area contributed by atoms with Gasteiger partial charge in [0.1, 0.15) is 12.4 Å². The van der Waals surface area contributed by atoms with E-state index in [0.29, 0.717) is 6.61 Å². The maximum Gasteiger partial charge on any atom is 0.264 e. The minimum Gasteiger partial charge on any atom is -0.489 e. The standard InChI is InChI=1S/C19H23NO4S/c1-25(21,22)24-15-18-8-5-13-20(18)17-9-11-19(12-10-17)23-14-16-6-3-2-4-7-16/h2-4,6-7,9-12,18H,5,8,13-15H2,1H3. The molecule has 5 nitrogen and oxygen atoms in total. The Balaban J connectivity index is 1.59. The summed E-state index contributed by atoms with van der Waals surface area (Å²) in [5.74, 6) is 0.815. The van der Waals surface area contributed by atoms with E-state index in [1.807, 2.05) is 54.6 Å². The molecular formula is C19H23NO4S. The highest BCUT2D eigenvalue weighted by Gasteiger charge is 2.26. The van der Waals surface area contributed by atoms with E-state index in [9.17, 15) is 8.42 Å². The molecule has 0 bridgehead atoms. The smallest absolute Gasteiger partial charge is 0.264 e. The van der Waals surface area contributed by atoms with Crippen LogP contribution in [0.1, 0.15) is 18.4 Å².